The van der Waals surface area contributed by atoms with E-state index in [0.717, 1.165) is 11.1 Å². The predicted octanol–water partition coefficient (Wildman–Crippen LogP) is 1.52. The number of aryl methyl sites for hydroxylation is 1. The molecule has 1 atom stereocenters. The topological polar surface area (TPSA) is 83.3 Å². The van der Waals surface area contributed by atoms with Crippen LogP contribution >= 0.6 is 0 Å². The molecular formula is C14H14N2O3. The highest BCUT2D eigenvalue weighted by molar-refractivity contribution is 5.71. The first-order valence-corrected chi connectivity index (χ1v) is 5.94. The Morgan fingerprint density at radius 2 is 1.79 bits per heavy atom. The molecule has 1 heterocycles. The fourth-order valence-corrected chi connectivity index (χ4v) is 1.70. The smallest absolute Gasteiger partial charge is 0.332 e. The van der Waals surface area contributed by atoms with Crippen LogP contribution in [0.25, 0.3) is 11.4 Å². The Kier molecular flexibility index (Phi) is 4.20. The molecule has 1 aromatic carbocycles. The second kappa shape index (κ2) is 6.06. The highest BCUT2D eigenvalue weighted by Crippen LogP contribution is 2.15. The van der Waals surface area contributed by atoms with Crippen LogP contribution < -0.4 is 0 Å². The van der Waals surface area contributed by atoms with E-state index >= 15 is 0 Å². The van der Waals surface area contributed by atoms with E-state index in [1.54, 1.807) is 18.5 Å². The Morgan fingerprint density at radius 3 is 2.37 bits per heavy atom. The number of aliphatic carboxylic acids is 1. The molecule has 1 aromatic heterocycles. The van der Waals surface area contributed by atoms with Gasteiger partial charge in [-0.25, -0.2) is 14.8 Å². The molecule has 5 nitrogen and oxygen atoms in total. The standard InChI is InChI=1S/C14H14N2O3/c17-12(14(18)19)7-4-10-2-5-11(6-3-10)13-15-8-1-9-16-13/h1-3,5-6,8-9,12,17H,4,7H2,(H,18,19). The summed E-state index contributed by atoms with van der Waals surface area (Å²) in [4.78, 5) is 18.8. The highest BCUT2D eigenvalue weighted by atomic mass is 16.4. The Labute approximate surface area is 110 Å². The second-order valence-electron chi connectivity index (χ2n) is 4.16. The monoisotopic (exact) mass is 258 g/mol. The van der Waals surface area contributed by atoms with Crippen molar-refractivity contribution in [2.75, 3.05) is 0 Å². The number of aromatic nitrogens is 2. The van der Waals surface area contributed by atoms with Crippen molar-refractivity contribution in [3.8, 4) is 11.4 Å². The molecule has 19 heavy (non-hydrogen) atoms. The lowest BCUT2D eigenvalue weighted by Crippen LogP contribution is -2.19. The van der Waals surface area contributed by atoms with Gasteiger partial charge in [0.15, 0.2) is 11.9 Å². The van der Waals surface area contributed by atoms with E-state index in [-0.39, 0.29) is 6.42 Å². The van der Waals surface area contributed by atoms with Gasteiger partial charge >= 0.3 is 5.97 Å². The third-order valence-corrected chi connectivity index (χ3v) is 2.77. The van der Waals surface area contributed by atoms with Gasteiger partial charge in [0, 0.05) is 18.0 Å². The van der Waals surface area contributed by atoms with Crippen LogP contribution in [0.5, 0.6) is 0 Å². The minimum Gasteiger partial charge on any atom is -0.479 e. The van der Waals surface area contributed by atoms with Gasteiger partial charge in [0.25, 0.3) is 0 Å². The van der Waals surface area contributed by atoms with Gasteiger partial charge < -0.3 is 10.2 Å². The van der Waals surface area contributed by atoms with Crippen LogP contribution in [-0.2, 0) is 11.2 Å². The molecule has 0 saturated heterocycles. The van der Waals surface area contributed by atoms with E-state index in [1.807, 2.05) is 24.3 Å². The lowest BCUT2D eigenvalue weighted by molar-refractivity contribution is -0.146. The first-order valence-electron chi connectivity index (χ1n) is 5.94. The van der Waals surface area contributed by atoms with Gasteiger partial charge in [0.05, 0.1) is 0 Å². The van der Waals surface area contributed by atoms with Crippen molar-refractivity contribution >= 4 is 5.97 Å². The summed E-state index contributed by atoms with van der Waals surface area (Å²) in [6, 6.07) is 9.31. The van der Waals surface area contributed by atoms with Crippen LogP contribution in [0, 0.1) is 0 Å². The van der Waals surface area contributed by atoms with Crippen LogP contribution in [0.1, 0.15) is 12.0 Å². The van der Waals surface area contributed by atoms with E-state index in [4.69, 9.17) is 5.11 Å². The predicted molar refractivity (Wildman–Crippen MR) is 69.4 cm³/mol. The number of hydrogen-bond donors (Lipinski definition) is 2. The molecule has 1 unspecified atom stereocenters. The summed E-state index contributed by atoms with van der Waals surface area (Å²) in [7, 11) is 0. The van der Waals surface area contributed by atoms with Gasteiger partial charge in [-0.05, 0) is 24.5 Å². The van der Waals surface area contributed by atoms with Gasteiger partial charge in [-0.2, -0.15) is 0 Å². The zero-order valence-corrected chi connectivity index (χ0v) is 10.2. The normalized spacial score (nSPS) is 12.1. The van der Waals surface area contributed by atoms with Gasteiger partial charge in [0.2, 0.25) is 0 Å². The van der Waals surface area contributed by atoms with Crippen molar-refractivity contribution in [1.82, 2.24) is 9.97 Å². The molecule has 0 amide bonds. The number of aliphatic hydroxyl groups excluding tert-OH is 1. The van der Waals surface area contributed by atoms with E-state index in [1.165, 1.54) is 0 Å². The molecule has 98 valence electrons. The van der Waals surface area contributed by atoms with Gasteiger partial charge in [-0.3, -0.25) is 0 Å². The van der Waals surface area contributed by atoms with Crippen LogP contribution in [0.4, 0.5) is 0 Å². The van der Waals surface area contributed by atoms with Gasteiger partial charge in [-0.1, -0.05) is 24.3 Å². The summed E-state index contributed by atoms with van der Waals surface area (Å²) >= 11 is 0. The highest BCUT2D eigenvalue weighted by Gasteiger charge is 2.12. The summed E-state index contributed by atoms with van der Waals surface area (Å²) in [5.41, 5.74) is 1.88. The maximum atomic E-state index is 10.5. The average Bonchev–Trinajstić information content (AvgIpc) is 2.46. The van der Waals surface area contributed by atoms with Crippen molar-refractivity contribution in [2.45, 2.75) is 18.9 Å². The lowest BCUT2D eigenvalue weighted by Gasteiger charge is -2.06. The van der Waals surface area contributed by atoms with Crippen LogP contribution in [0.3, 0.4) is 0 Å². The molecule has 2 aromatic rings. The molecule has 5 heteroatoms. The summed E-state index contributed by atoms with van der Waals surface area (Å²) in [6.45, 7) is 0. The number of carboxylic acids is 1. The van der Waals surface area contributed by atoms with Crippen LogP contribution in [0.2, 0.25) is 0 Å². The van der Waals surface area contributed by atoms with Crippen molar-refractivity contribution in [3.63, 3.8) is 0 Å². The summed E-state index contributed by atoms with van der Waals surface area (Å²) in [5.74, 6) is -0.533. The molecule has 0 aliphatic rings. The number of aliphatic hydroxyl groups is 1. The molecule has 2 N–H and O–H groups in total. The molecule has 0 spiro atoms. The summed E-state index contributed by atoms with van der Waals surface area (Å²) in [6.07, 6.45) is 2.77. The molecule has 0 aliphatic heterocycles. The first kappa shape index (κ1) is 13.2. The molecule has 2 rings (SSSR count). The molecule has 0 fully saturated rings. The molecule has 0 bridgehead atoms. The number of benzene rings is 1. The Bertz CT molecular complexity index is 540. The Morgan fingerprint density at radius 1 is 1.16 bits per heavy atom. The number of carbonyl (C=O) groups is 1. The summed E-state index contributed by atoms with van der Waals surface area (Å²) < 4.78 is 0. The van der Waals surface area contributed by atoms with Gasteiger partial charge in [-0.15, -0.1) is 0 Å². The lowest BCUT2D eigenvalue weighted by atomic mass is 10.0. The zero-order valence-electron chi connectivity index (χ0n) is 10.2. The molecule has 0 radical (unpaired) electrons. The second-order valence-corrected chi connectivity index (χ2v) is 4.16. The largest absolute Gasteiger partial charge is 0.479 e. The number of hydrogen-bond acceptors (Lipinski definition) is 4. The van der Waals surface area contributed by atoms with E-state index in [9.17, 15) is 9.90 Å². The fourth-order valence-electron chi connectivity index (χ4n) is 1.70. The zero-order chi connectivity index (χ0) is 13.7. The average molecular weight is 258 g/mol. The van der Waals surface area contributed by atoms with Crippen molar-refractivity contribution < 1.29 is 15.0 Å². The number of carboxylic acid groups (broad SMARTS) is 1. The van der Waals surface area contributed by atoms with Crippen LogP contribution in [0.15, 0.2) is 42.7 Å². The first-order chi connectivity index (χ1) is 9.16. The van der Waals surface area contributed by atoms with Crippen LogP contribution in [-0.4, -0.2) is 32.3 Å². The molecule has 0 saturated carbocycles. The minimum atomic E-state index is -1.31. The fraction of sp³-hybridized carbons (Fsp3) is 0.214. The van der Waals surface area contributed by atoms with Crippen molar-refractivity contribution in [1.29, 1.82) is 0 Å². The quantitative estimate of drug-likeness (QED) is 0.849. The third kappa shape index (κ3) is 3.59. The molecular weight excluding hydrogens is 244 g/mol. The minimum absolute atomic E-state index is 0.205. The van der Waals surface area contributed by atoms with Crippen molar-refractivity contribution in [2.24, 2.45) is 0 Å². The van der Waals surface area contributed by atoms with Crippen molar-refractivity contribution in [3.05, 3.63) is 48.3 Å². The van der Waals surface area contributed by atoms with E-state index < -0.39 is 12.1 Å². The Hall–Kier alpha value is -2.27. The maximum Gasteiger partial charge on any atom is 0.332 e. The SMILES string of the molecule is O=C(O)C(O)CCc1ccc(-c2ncccn2)cc1. The molecule has 0 aliphatic carbocycles. The Balaban J connectivity index is 2.01. The van der Waals surface area contributed by atoms with Gasteiger partial charge in [0.1, 0.15) is 0 Å². The van der Waals surface area contributed by atoms with E-state index in [2.05, 4.69) is 9.97 Å². The summed E-state index contributed by atoms with van der Waals surface area (Å²) in [5, 5.41) is 17.8. The number of rotatable bonds is 5. The van der Waals surface area contributed by atoms with E-state index in [0.29, 0.717) is 12.2 Å². The number of nitrogens with zero attached hydrogens (tertiary/aromatic N) is 2. The maximum absolute atomic E-state index is 10.5. The third-order valence-electron chi connectivity index (χ3n) is 2.77.